The third-order valence-electron chi connectivity index (χ3n) is 7.16. The minimum Gasteiger partial charge on any atom is -0.448 e. The van der Waals surface area contributed by atoms with E-state index in [2.05, 4.69) is 24.8 Å². The number of hydrogen-bond acceptors (Lipinski definition) is 13. The van der Waals surface area contributed by atoms with Gasteiger partial charge in [0.25, 0.3) is 11.8 Å². The maximum absolute atomic E-state index is 14.2. The van der Waals surface area contributed by atoms with Gasteiger partial charge in [-0.05, 0) is 47.2 Å². The molecule has 4 aromatic rings. The molecule has 0 radical (unpaired) electrons. The van der Waals surface area contributed by atoms with E-state index in [1.807, 2.05) is 84.3 Å². The molecule has 3 N–H and O–H groups in total. The Balaban J connectivity index is 1.29. The van der Waals surface area contributed by atoms with Gasteiger partial charge in [0.15, 0.2) is 11.2 Å². The van der Waals surface area contributed by atoms with Crippen LogP contribution in [-0.4, -0.2) is 66.5 Å². The van der Waals surface area contributed by atoms with Gasteiger partial charge in [-0.1, -0.05) is 83.6 Å². The number of nitrogens with zero attached hydrogens (tertiary/aromatic N) is 5. The molecule has 2 aliphatic heterocycles. The molecule has 2 atom stereocenters. The zero-order valence-corrected chi connectivity index (χ0v) is 27.9. The summed E-state index contributed by atoms with van der Waals surface area (Å²) in [6.07, 6.45) is 2.77. The summed E-state index contributed by atoms with van der Waals surface area (Å²) in [6.45, 7) is 1.91. The molecule has 1 saturated heterocycles. The Morgan fingerprint density at radius 3 is 2.44 bits per heavy atom. The first kappa shape index (κ1) is 32.9. The zero-order chi connectivity index (χ0) is 33.5. The second-order valence-corrected chi connectivity index (χ2v) is 13.1. The lowest BCUT2D eigenvalue weighted by atomic mass is 10.0. The molecule has 2 aliphatic rings. The molecule has 12 nitrogen and oxygen atoms in total. The van der Waals surface area contributed by atoms with Gasteiger partial charge in [-0.15, -0.1) is 11.8 Å². The van der Waals surface area contributed by atoms with Gasteiger partial charge in [0.1, 0.15) is 28.7 Å². The van der Waals surface area contributed by atoms with Crippen molar-refractivity contribution in [1.29, 1.82) is 0 Å². The number of benzene rings is 2. The highest BCUT2D eigenvalue weighted by atomic mass is 32.2. The molecule has 0 spiro atoms. The van der Waals surface area contributed by atoms with Crippen LogP contribution in [0.25, 0.3) is 0 Å². The van der Waals surface area contributed by atoms with E-state index in [4.69, 9.17) is 15.3 Å². The third kappa shape index (κ3) is 7.27. The number of nitrogen functional groups attached to an aromatic ring is 1. The summed E-state index contributed by atoms with van der Waals surface area (Å²) in [7, 11) is 0. The van der Waals surface area contributed by atoms with Crippen molar-refractivity contribution in [3.8, 4) is 0 Å². The number of ether oxygens (including phenoxy) is 1. The Bertz CT molecular complexity index is 1830. The summed E-state index contributed by atoms with van der Waals surface area (Å²) in [6, 6.07) is 23.4. The van der Waals surface area contributed by atoms with Crippen LogP contribution in [0.5, 0.6) is 0 Å². The fourth-order valence-electron chi connectivity index (χ4n) is 4.96. The highest BCUT2D eigenvalue weighted by Crippen LogP contribution is 2.42. The maximum atomic E-state index is 14.2. The zero-order valence-electron chi connectivity index (χ0n) is 25.5. The van der Waals surface area contributed by atoms with Gasteiger partial charge in [-0.2, -0.15) is 9.36 Å². The van der Waals surface area contributed by atoms with Crippen molar-refractivity contribution >= 4 is 63.7 Å². The Morgan fingerprint density at radius 1 is 1.10 bits per heavy atom. The number of amides is 2. The number of carbonyl (C=O) groups excluding carboxylic acids is 3. The van der Waals surface area contributed by atoms with Crippen LogP contribution in [0.4, 0.5) is 5.13 Å². The molecule has 2 aromatic carbocycles. The Labute approximate surface area is 288 Å². The summed E-state index contributed by atoms with van der Waals surface area (Å²) in [5.74, 6) is -1.50. The summed E-state index contributed by atoms with van der Waals surface area (Å²) in [5, 5.41) is 8.76. The van der Waals surface area contributed by atoms with Crippen molar-refractivity contribution < 1.29 is 24.0 Å². The van der Waals surface area contributed by atoms with Crippen molar-refractivity contribution in [1.82, 2.24) is 24.6 Å². The lowest BCUT2D eigenvalue weighted by Gasteiger charge is -2.49. The predicted molar refractivity (Wildman–Crippen MR) is 185 cm³/mol. The first-order valence-corrected chi connectivity index (χ1v) is 17.5. The van der Waals surface area contributed by atoms with E-state index < -0.39 is 35.3 Å². The number of nitrogens with one attached hydrogen (secondary N) is 1. The van der Waals surface area contributed by atoms with Gasteiger partial charge in [0.05, 0.1) is 0 Å². The van der Waals surface area contributed by atoms with E-state index in [-0.39, 0.29) is 29.0 Å². The molecule has 0 aliphatic carbocycles. The number of carbonyl (C=O) groups is 3. The maximum Gasteiger partial charge on any atom is 0.356 e. The monoisotopic (exact) mass is 699 g/mol. The van der Waals surface area contributed by atoms with E-state index in [1.165, 1.54) is 28.4 Å². The largest absolute Gasteiger partial charge is 0.448 e. The first-order chi connectivity index (χ1) is 23.4. The number of rotatable bonds is 12. The van der Waals surface area contributed by atoms with Crippen molar-refractivity contribution in [3.63, 3.8) is 0 Å². The SMILES string of the molecule is CCO/N=C(/C(=O)NC1C(=O)N2C(C(=O)OC(c3ccccc3)c3ccccc3)=C(/C=C/Sc3ccccn3)CSC12)c1nsc(N)n1. The molecule has 2 amide bonds. The molecule has 4 heterocycles. The summed E-state index contributed by atoms with van der Waals surface area (Å²) in [5.41, 5.74) is 7.78. The van der Waals surface area contributed by atoms with Crippen LogP contribution in [0.2, 0.25) is 0 Å². The third-order valence-corrected chi connectivity index (χ3v) is 9.76. The van der Waals surface area contributed by atoms with Gasteiger partial charge in [-0.25, -0.2) is 9.78 Å². The highest BCUT2D eigenvalue weighted by molar-refractivity contribution is 8.02. The summed E-state index contributed by atoms with van der Waals surface area (Å²) in [4.78, 5) is 56.2. The lowest BCUT2D eigenvalue weighted by Crippen LogP contribution is -2.71. The minimum absolute atomic E-state index is 0.0155. The Hall–Kier alpha value is -4.99. The van der Waals surface area contributed by atoms with E-state index >= 15 is 0 Å². The van der Waals surface area contributed by atoms with Crippen LogP contribution < -0.4 is 11.1 Å². The van der Waals surface area contributed by atoms with Crippen LogP contribution in [0, 0.1) is 0 Å². The molecule has 2 unspecified atom stereocenters. The number of hydrogen-bond donors (Lipinski definition) is 2. The van der Waals surface area contributed by atoms with Crippen LogP contribution in [-0.2, 0) is 24.0 Å². The molecule has 2 aromatic heterocycles. The number of β-lactam (4-membered cyclic amide) rings is 1. The van der Waals surface area contributed by atoms with Crippen LogP contribution >= 0.6 is 35.1 Å². The van der Waals surface area contributed by atoms with E-state index in [0.717, 1.165) is 27.7 Å². The lowest BCUT2D eigenvalue weighted by molar-refractivity contribution is -0.154. The quantitative estimate of drug-likeness (QED) is 0.0702. The second kappa shape index (κ2) is 15.3. The molecular formula is C33H29N7O5S3. The Kier molecular flexibility index (Phi) is 10.5. The standard InChI is InChI=1S/C33H29N7O5S3/c1-2-44-38-24(28-37-33(34)48-39-28)29(41)36-25-30(42)40-26(22(19-47-31(25)40)16-18-46-23-15-9-10-17-35-23)32(43)45-27(20-11-5-3-6-12-20)21-13-7-4-8-14-21/h3-18,25,27,31H,2,19H2,1H3,(H,36,41)(H2,34,37,39)/b18-16+,38-24+. The number of allylic oxidation sites excluding steroid dienone is 1. The number of aromatic nitrogens is 3. The number of thioether (sulfide) groups is 2. The van der Waals surface area contributed by atoms with Crippen molar-refractivity contribution in [3.05, 3.63) is 125 Å². The fraction of sp³-hybridized carbons (Fsp3) is 0.182. The van der Waals surface area contributed by atoms with Gasteiger partial charge in [-0.3, -0.25) is 14.5 Å². The van der Waals surface area contributed by atoms with E-state index in [9.17, 15) is 14.4 Å². The van der Waals surface area contributed by atoms with Crippen molar-refractivity contribution in [2.75, 3.05) is 18.1 Å². The summed E-state index contributed by atoms with van der Waals surface area (Å²) >= 11 is 3.70. The van der Waals surface area contributed by atoms with E-state index in [0.29, 0.717) is 11.3 Å². The van der Waals surface area contributed by atoms with Gasteiger partial charge < -0.3 is 20.6 Å². The van der Waals surface area contributed by atoms with Gasteiger partial charge in [0.2, 0.25) is 11.5 Å². The average molecular weight is 700 g/mol. The van der Waals surface area contributed by atoms with Crippen LogP contribution in [0.1, 0.15) is 30.0 Å². The predicted octanol–water partition coefficient (Wildman–Crippen LogP) is 4.55. The number of oxime groups is 1. The number of nitrogens with two attached hydrogens (primary N) is 1. The Morgan fingerprint density at radius 2 is 1.81 bits per heavy atom. The van der Waals surface area contributed by atoms with Crippen LogP contribution in [0.3, 0.4) is 0 Å². The number of esters is 1. The molecule has 48 heavy (non-hydrogen) atoms. The molecule has 15 heteroatoms. The number of anilines is 1. The van der Waals surface area contributed by atoms with Gasteiger partial charge >= 0.3 is 5.97 Å². The number of fused-ring (bicyclic) bond motifs is 1. The highest BCUT2D eigenvalue weighted by Gasteiger charge is 2.54. The second-order valence-electron chi connectivity index (χ2n) is 10.2. The molecule has 0 saturated carbocycles. The van der Waals surface area contributed by atoms with Crippen LogP contribution in [0.15, 0.2) is 118 Å². The molecule has 244 valence electrons. The average Bonchev–Trinajstić information content (AvgIpc) is 3.56. The summed E-state index contributed by atoms with van der Waals surface area (Å²) < 4.78 is 10.3. The van der Waals surface area contributed by atoms with Crippen molar-refractivity contribution in [2.45, 2.75) is 29.5 Å². The number of pyridine rings is 1. The van der Waals surface area contributed by atoms with E-state index in [1.54, 1.807) is 19.2 Å². The molecule has 6 rings (SSSR count). The molecular weight excluding hydrogens is 671 g/mol. The molecule has 0 bridgehead atoms. The first-order valence-electron chi connectivity index (χ1n) is 14.8. The fourth-order valence-corrected chi connectivity index (χ4v) is 7.37. The topological polar surface area (TPSA) is 162 Å². The smallest absolute Gasteiger partial charge is 0.356 e. The van der Waals surface area contributed by atoms with Crippen molar-refractivity contribution in [2.24, 2.45) is 5.16 Å². The van der Waals surface area contributed by atoms with Gasteiger partial charge in [0, 0.05) is 23.5 Å². The minimum atomic E-state index is -0.958. The normalized spacial score (nSPS) is 17.7. The molecule has 1 fully saturated rings.